The molecule has 0 aliphatic carbocycles. The van der Waals surface area contributed by atoms with Crippen molar-refractivity contribution in [1.82, 2.24) is 4.98 Å². The van der Waals surface area contributed by atoms with Crippen molar-refractivity contribution in [2.45, 2.75) is 38.8 Å². The molecule has 0 aromatic carbocycles. The molecule has 1 aromatic heterocycles. The summed E-state index contributed by atoms with van der Waals surface area (Å²) in [6.07, 6.45) is 3.84. The maximum atomic E-state index is 9.51. The Morgan fingerprint density at radius 2 is 2.40 bits per heavy atom. The Labute approximate surface area is 90.8 Å². The first kappa shape index (κ1) is 10.4. The topological polar surface area (TPSA) is 36.4 Å². The van der Waals surface area contributed by atoms with Gasteiger partial charge in [0.1, 0.15) is 5.82 Å². The highest BCUT2D eigenvalue weighted by atomic mass is 16.3. The predicted molar refractivity (Wildman–Crippen MR) is 60.9 cm³/mol. The first-order valence-electron chi connectivity index (χ1n) is 5.59. The van der Waals surface area contributed by atoms with Crippen LogP contribution in [0.5, 0.6) is 0 Å². The normalized spacial score (nSPS) is 23.1. The van der Waals surface area contributed by atoms with Crippen molar-refractivity contribution >= 4 is 5.82 Å². The molecule has 1 N–H and O–H groups in total. The Morgan fingerprint density at radius 3 is 3.00 bits per heavy atom. The summed E-state index contributed by atoms with van der Waals surface area (Å²) in [6, 6.07) is 4.43. The van der Waals surface area contributed by atoms with Crippen molar-refractivity contribution in [2.24, 2.45) is 0 Å². The van der Waals surface area contributed by atoms with Gasteiger partial charge in [0.2, 0.25) is 0 Å². The minimum atomic E-state index is -0.412. The molecule has 82 valence electrons. The van der Waals surface area contributed by atoms with Crippen LogP contribution in [0, 0.1) is 0 Å². The summed E-state index contributed by atoms with van der Waals surface area (Å²) >= 11 is 0. The fraction of sp³-hybridized carbons (Fsp3) is 0.583. The molecule has 2 rings (SSSR count). The number of hydrogen-bond donors (Lipinski definition) is 1. The van der Waals surface area contributed by atoms with Gasteiger partial charge in [0.25, 0.3) is 0 Å². The van der Waals surface area contributed by atoms with Gasteiger partial charge in [0, 0.05) is 18.8 Å². The quantitative estimate of drug-likeness (QED) is 0.805. The maximum Gasteiger partial charge on any atom is 0.129 e. The van der Waals surface area contributed by atoms with Gasteiger partial charge in [-0.25, -0.2) is 4.98 Å². The molecule has 1 saturated heterocycles. The van der Waals surface area contributed by atoms with Crippen LogP contribution >= 0.6 is 0 Å². The van der Waals surface area contributed by atoms with Crippen molar-refractivity contribution < 1.29 is 5.11 Å². The lowest BCUT2D eigenvalue weighted by Gasteiger charge is -2.23. The van der Waals surface area contributed by atoms with Crippen molar-refractivity contribution in [2.75, 3.05) is 11.4 Å². The Balaban J connectivity index is 2.24. The summed E-state index contributed by atoms with van der Waals surface area (Å²) in [6.45, 7) is 5.09. The molecule has 15 heavy (non-hydrogen) atoms. The van der Waals surface area contributed by atoms with Crippen molar-refractivity contribution in [3.05, 3.63) is 23.9 Å². The molecule has 3 heteroatoms. The highest BCUT2D eigenvalue weighted by molar-refractivity contribution is 5.43. The lowest BCUT2D eigenvalue weighted by atomic mass is 10.1. The molecule has 1 aromatic rings. The lowest BCUT2D eigenvalue weighted by molar-refractivity contribution is 0.199. The van der Waals surface area contributed by atoms with Crippen LogP contribution in [-0.4, -0.2) is 22.7 Å². The number of aromatic nitrogens is 1. The summed E-state index contributed by atoms with van der Waals surface area (Å²) < 4.78 is 0. The van der Waals surface area contributed by atoms with Gasteiger partial charge < -0.3 is 10.0 Å². The molecule has 0 saturated carbocycles. The van der Waals surface area contributed by atoms with Crippen LogP contribution in [0.3, 0.4) is 0 Å². The molecule has 1 aliphatic rings. The summed E-state index contributed by atoms with van der Waals surface area (Å²) in [5.74, 6) is 0.999. The Bertz CT molecular complexity index is 338. The molecule has 2 atom stereocenters. The molecule has 0 spiro atoms. The summed E-state index contributed by atoms with van der Waals surface area (Å²) in [5.41, 5.74) is 0.944. The first-order chi connectivity index (χ1) is 7.18. The molecular weight excluding hydrogens is 188 g/mol. The van der Waals surface area contributed by atoms with Gasteiger partial charge in [-0.2, -0.15) is 0 Å². The van der Waals surface area contributed by atoms with E-state index in [1.54, 1.807) is 13.1 Å². The highest BCUT2D eigenvalue weighted by Crippen LogP contribution is 2.25. The molecule has 1 fully saturated rings. The fourth-order valence-corrected chi connectivity index (χ4v) is 2.12. The number of hydrogen-bond acceptors (Lipinski definition) is 3. The third kappa shape index (κ3) is 2.12. The van der Waals surface area contributed by atoms with E-state index < -0.39 is 6.10 Å². The van der Waals surface area contributed by atoms with Crippen LogP contribution < -0.4 is 4.90 Å². The Hall–Kier alpha value is -1.09. The van der Waals surface area contributed by atoms with Gasteiger partial charge in [-0.05, 0) is 44.4 Å². The maximum absolute atomic E-state index is 9.51. The Morgan fingerprint density at radius 1 is 1.60 bits per heavy atom. The first-order valence-corrected chi connectivity index (χ1v) is 5.59. The average Bonchev–Trinajstić information content (AvgIpc) is 2.64. The van der Waals surface area contributed by atoms with Gasteiger partial charge >= 0.3 is 0 Å². The number of aliphatic hydroxyl groups is 1. The van der Waals surface area contributed by atoms with Gasteiger partial charge in [-0.1, -0.05) is 0 Å². The summed E-state index contributed by atoms with van der Waals surface area (Å²) in [5, 5.41) is 9.51. The van der Waals surface area contributed by atoms with Crippen LogP contribution in [0.1, 0.15) is 38.4 Å². The van der Waals surface area contributed by atoms with Gasteiger partial charge in [-0.3, -0.25) is 0 Å². The van der Waals surface area contributed by atoms with Crippen LogP contribution in [0.2, 0.25) is 0 Å². The van der Waals surface area contributed by atoms with E-state index in [0.717, 1.165) is 17.9 Å². The summed E-state index contributed by atoms with van der Waals surface area (Å²) in [7, 11) is 0. The van der Waals surface area contributed by atoms with E-state index in [1.165, 1.54) is 12.8 Å². The van der Waals surface area contributed by atoms with Crippen molar-refractivity contribution in [3.8, 4) is 0 Å². The van der Waals surface area contributed by atoms with E-state index in [2.05, 4.69) is 16.8 Å². The molecular formula is C12H18N2O. The van der Waals surface area contributed by atoms with E-state index >= 15 is 0 Å². The van der Waals surface area contributed by atoms with Gasteiger partial charge in [0.05, 0.1) is 6.10 Å². The van der Waals surface area contributed by atoms with E-state index in [-0.39, 0.29) is 0 Å². The second-order valence-electron chi connectivity index (χ2n) is 4.31. The SMILES string of the molecule is CC(O)c1ccnc(N2CCCC2C)c1. The molecule has 2 unspecified atom stereocenters. The van der Waals surface area contributed by atoms with Gasteiger partial charge in [-0.15, -0.1) is 0 Å². The minimum absolute atomic E-state index is 0.412. The number of pyridine rings is 1. The van der Waals surface area contributed by atoms with E-state index in [9.17, 15) is 5.11 Å². The number of rotatable bonds is 2. The highest BCUT2D eigenvalue weighted by Gasteiger charge is 2.21. The predicted octanol–water partition coefficient (Wildman–Crippen LogP) is 2.12. The van der Waals surface area contributed by atoms with Crippen molar-refractivity contribution in [1.29, 1.82) is 0 Å². The second kappa shape index (κ2) is 4.19. The van der Waals surface area contributed by atoms with Crippen LogP contribution in [-0.2, 0) is 0 Å². The standard InChI is InChI=1S/C12H18N2O/c1-9-4-3-7-14(9)12-8-11(10(2)15)5-6-13-12/h5-6,8-10,15H,3-4,7H2,1-2H3. The fourth-order valence-electron chi connectivity index (χ4n) is 2.12. The molecule has 0 radical (unpaired) electrons. The van der Waals surface area contributed by atoms with E-state index in [0.29, 0.717) is 6.04 Å². The van der Waals surface area contributed by atoms with Crippen LogP contribution in [0.15, 0.2) is 18.3 Å². The van der Waals surface area contributed by atoms with Crippen LogP contribution in [0.4, 0.5) is 5.82 Å². The average molecular weight is 206 g/mol. The minimum Gasteiger partial charge on any atom is -0.389 e. The van der Waals surface area contributed by atoms with Crippen LogP contribution in [0.25, 0.3) is 0 Å². The third-order valence-electron chi connectivity index (χ3n) is 3.10. The number of aliphatic hydroxyl groups excluding tert-OH is 1. The number of anilines is 1. The zero-order chi connectivity index (χ0) is 10.8. The monoisotopic (exact) mass is 206 g/mol. The zero-order valence-electron chi connectivity index (χ0n) is 9.35. The molecule has 3 nitrogen and oxygen atoms in total. The molecule has 0 amide bonds. The number of nitrogens with zero attached hydrogens (tertiary/aromatic N) is 2. The third-order valence-corrected chi connectivity index (χ3v) is 3.10. The lowest BCUT2D eigenvalue weighted by Crippen LogP contribution is -2.27. The zero-order valence-corrected chi connectivity index (χ0v) is 9.35. The smallest absolute Gasteiger partial charge is 0.129 e. The molecule has 0 bridgehead atoms. The van der Waals surface area contributed by atoms with Crippen molar-refractivity contribution in [3.63, 3.8) is 0 Å². The van der Waals surface area contributed by atoms with E-state index in [4.69, 9.17) is 0 Å². The summed E-state index contributed by atoms with van der Waals surface area (Å²) in [4.78, 5) is 6.68. The second-order valence-corrected chi connectivity index (χ2v) is 4.31. The Kier molecular flexibility index (Phi) is 2.91. The van der Waals surface area contributed by atoms with E-state index in [1.807, 2.05) is 12.1 Å². The van der Waals surface area contributed by atoms with Gasteiger partial charge in [0.15, 0.2) is 0 Å². The largest absolute Gasteiger partial charge is 0.389 e. The molecule has 2 heterocycles. The molecule has 1 aliphatic heterocycles.